The van der Waals surface area contributed by atoms with Gasteiger partial charge in [-0.15, -0.1) is 0 Å². The van der Waals surface area contributed by atoms with Gasteiger partial charge >= 0.3 is 0 Å². The van der Waals surface area contributed by atoms with Gasteiger partial charge in [-0.05, 0) is 111 Å². The lowest BCUT2D eigenvalue weighted by Gasteiger charge is -2.30. The van der Waals surface area contributed by atoms with Crippen LogP contribution in [0, 0.1) is 11.8 Å². The molecule has 2 aliphatic carbocycles. The second-order valence-electron chi connectivity index (χ2n) is 14.8. The number of carbonyl (C=O) groups excluding carboxylic acids is 3. The Morgan fingerprint density at radius 3 is 1.60 bits per heavy atom. The maximum absolute atomic E-state index is 13.1. The quantitative estimate of drug-likeness (QED) is 0.117. The molecule has 8 rings (SSSR count). The van der Waals surface area contributed by atoms with Gasteiger partial charge in [0, 0.05) is 48.5 Å². The van der Waals surface area contributed by atoms with E-state index in [1.807, 2.05) is 30.3 Å². The molecular weight excluding hydrogens is 717 g/mol. The van der Waals surface area contributed by atoms with E-state index in [0.717, 1.165) is 71.2 Å². The standard InChI is InChI=1S/C24H27NO3.C13H17NO.C11H12O3/c1-27-22-14-19-13-20(24(26)21(19)15-23(22)28-2)12-17-8-10-25(11-9-17)16-18-6-4-3-5-7-18;15-11-13-6-8-14(9-7-13)10-12-4-2-1-3-5-12;1-13-10-5-7-3-4-9(12)8(7)6-11(10)14-2/h3-7,12,14-15,17H,8-11,13,16H2,1-2H3;1-5,11,13H,6-10H2;5-6H,3-4H2,1-2H3/b20-12-;;/i1D3,2D3;;1D3,2D3. The molecule has 0 unspecified atom stereocenters. The molecule has 4 aliphatic rings. The van der Waals surface area contributed by atoms with E-state index in [4.69, 9.17) is 35.4 Å². The lowest BCUT2D eigenvalue weighted by molar-refractivity contribution is -0.112. The lowest BCUT2D eigenvalue weighted by Crippen LogP contribution is -2.33. The van der Waals surface area contributed by atoms with Crippen LogP contribution >= 0.6 is 0 Å². The number of likely N-dealkylation sites (tertiary alicyclic amines) is 2. The third-order valence-corrected chi connectivity index (χ3v) is 11.0. The molecule has 2 aliphatic heterocycles. The number of benzene rings is 4. The Kier molecular flexibility index (Phi) is 10.0. The number of nitrogens with zero attached hydrogens (tertiary/aromatic N) is 2. The Balaban J connectivity index is 0.000000188. The van der Waals surface area contributed by atoms with Crippen molar-refractivity contribution in [3.05, 3.63) is 130 Å². The summed E-state index contributed by atoms with van der Waals surface area (Å²) in [5.41, 5.74) is 5.20. The van der Waals surface area contributed by atoms with E-state index in [0.29, 0.717) is 53.0 Å². The van der Waals surface area contributed by atoms with E-state index in [9.17, 15) is 14.4 Å². The second-order valence-corrected chi connectivity index (χ2v) is 14.8. The maximum atomic E-state index is 13.1. The highest BCUT2D eigenvalue weighted by atomic mass is 16.5. The highest BCUT2D eigenvalue weighted by Crippen LogP contribution is 2.38. The molecule has 4 aromatic carbocycles. The van der Waals surface area contributed by atoms with Crippen molar-refractivity contribution in [1.29, 1.82) is 0 Å². The van der Waals surface area contributed by atoms with Gasteiger partial charge in [-0.1, -0.05) is 66.7 Å². The number of hydrogen-bond donors (Lipinski definition) is 0. The number of ether oxygens (including phenoxy) is 4. The minimum atomic E-state index is -2.81. The van der Waals surface area contributed by atoms with Gasteiger partial charge in [0.05, 0.1) is 44.6 Å². The topological polar surface area (TPSA) is 94.6 Å². The first-order chi connectivity index (χ1) is 32.4. The summed E-state index contributed by atoms with van der Waals surface area (Å²) in [7, 11) is -11.1. The number of aldehydes is 1. The third-order valence-electron chi connectivity index (χ3n) is 11.0. The number of piperidine rings is 2. The first-order valence-corrected chi connectivity index (χ1v) is 19.3. The largest absolute Gasteiger partial charge is 0.493 e. The van der Waals surface area contributed by atoms with E-state index < -0.39 is 28.2 Å². The molecular formula is C48H56N2O7. The first-order valence-electron chi connectivity index (χ1n) is 25.3. The summed E-state index contributed by atoms with van der Waals surface area (Å²) in [4.78, 5) is 40.1. The molecule has 9 nitrogen and oxygen atoms in total. The molecule has 300 valence electrons. The third kappa shape index (κ3) is 10.8. The molecule has 0 aromatic heterocycles. The van der Waals surface area contributed by atoms with E-state index in [-0.39, 0.29) is 40.5 Å². The minimum Gasteiger partial charge on any atom is -0.493 e. The Labute approximate surface area is 354 Å². The molecule has 2 heterocycles. The minimum absolute atomic E-state index is 0.129. The Morgan fingerprint density at radius 1 is 0.614 bits per heavy atom. The average molecular weight is 785 g/mol. The van der Waals surface area contributed by atoms with Crippen LogP contribution in [0.5, 0.6) is 23.0 Å². The number of carbonyl (C=O) groups is 3. The highest BCUT2D eigenvalue weighted by Gasteiger charge is 2.29. The molecule has 0 amide bonds. The number of Topliss-reactive ketones (excluding diaryl/α,β-unsaturated/α-hetero) is 2. The molecule has 0 bridgehead atoms. The fraction of sp³-hybridized carbons (Fsp3) is 0.396. The number of allylic oxidation sites excluding steroid dienone is 2. The van der Waals surface area contributed by atoms with Crippen molar-refractivity contribution in [3.63, 3.8) is 0 Å². The molecule has 2 saturated heterocycles. The van der Waals surface area contributed by atoms with Gasteiger partial charge in [-0.2, -0.15) is 0 Å². The van der Waals surface area contributed by atoms with E-state index in [2.05, 4.69) is 46.2 Å². The number of fused-ring (bicyclic) bond motifs is 2. The van der Waals surface area contributed by atoms with Crippen LogP contribution in [-0.4, -0.2) is 82.0 Å². The Morgan fingerprint density at radius 2 is 1.09 bits per heavy atom. The summed E-state index contributed by atoms with van der Waals surface area (Å²) >= 11 is 0. The lowest BCUT2D eigenvalue weighted by atomic mass is 9.93. The zero-order valence-corrected chi connectivity index (χ0v) is 31.8. The smallest absolute Gasteiger partial charge is 0.189 e. The number of aryl methyl sites for hydroxylation is 1. The van der Waals surface area contributed by atoms with Crippen molar-refractivity contribution >= 4 is 17.9 Å². The van der Waals surface area contributed by atoms with Crippen LogP contribution in [0.4, 0.5) is 0 Å². The van der Waals surface area contributed by atoms with Gasteiger partial charge in [0.1, 0.15) is 6.29 Å². The average Bonchev–Trinajstić information content (AvgIpc) is 3.77. The molecule has 0 saturated carbocycles. The van der Waals surface area contributed by atoms with Crippen molar-refractivity contribution in [2.75, 3.05) is 54.3 Å². The summed E-state index contributed by atoms with van der Waals surface area (Å²) in [6, 6.07) is 26.1. The SMILES string of the molecule is O=CC1CCN(Cc2ccccc2)CC1.[2H]C([2H])([2H])Oc1cc2c(cc1OC([2H])([2H])[2H])C(=O)/C(=C\C1CCN(Cc3ccccc3)CC1)C2.[2H]C([2H])([2H])Oc1cc2c(cc1OC([2H])([2H])[2H])C(=O)CC2. The summed E-state index contributed by atoms with van der Waals surface area (Å²) < 4.78 is 106. The van der Waals surface area contributed by atoms with E-state index >= 15 is 0 Å². The molecule has 4 aromatic rings. The van der Waals surface area contributed by atoms with E-state index in [1.165, 1.54) is 35.4 Å². The number of hydrogen-bond acceptors (Lipinski definition) is 9. The van der Waals surface area contributed by atoms with Gasteiger partial charge in [-0.25, -0.2) is 0 Å². The number of ketones is 2. The number of rotatable bonds is 10. The summed E-state index contributed by atoms with van der Waals surface area (Å²) in [5, 5.41) is 0. The number of methoxy groups -OCH3 is 4. The maximum Gasteiger partial charge on any atom is 0.189 e. The molecule has 9 heteroatoms. The van der Waals surface area contributed by atoms with Crippen molar-refractivity contribution in [3.8, 4) is 23.0 Å². The zero-order valence-electron chi connectivity index (χ0n) is 43.8. The fourth-order valence-corrected chi connectivity index (χ4v) is 7.82. The van der Waals surface area contributed by atoms with Crippen LogP contribution in [0.1, 0.15) is 91.5 Å². The normalized spacial score (nSPS) is 21.8. The summed E-state index contributed by atoms with van der Waals surface area (Å²) in [6.07, 6.45) is 8.20. The molecule has 57 heavy (non-hydrogen) atoms. The van der Waals surface area contributed by atoms with Crippen LogP contribution < -0.4 is 18.9 Å². The van der Waals surface area contributed by atoms with Gasteiger partial charge in [0.15, 0.2) is 34.6 Å². The molecule has 0 radical (unpaired) electrons. The molecule has 0 atom stereocenters. The van der Waals surface area contributed by atoms with Gasteiger partial charge < -0.3 is 23.7 Å². The van der Waals surface area contributed by atoms with Crippen LogP contribution in [0.2, 0.25) is 0 Å². The predicted molar refractivity (Wildman–Crippen MR) is 223 cm³/mol. The summed E-state index contributed by atoms with van der Waals surface area (Å²) in [6.45, 7) is 5.92. The zero-order chi connectivity index (χ0) is 50.1. The van der Waals surface area contributed by atoms with Gasteiger partial charge in [0.2, 0.25) is 0 Å². The van der Waals surface area contributed by atoms with Crippen molar-refractivity contribution in [1.82, 2.24) is 9.80 Å². The van der Waals surface area contributed by atoms with Crippen molar-refractivity contribution in [2.24, 2.45) is 11.8 Å². The molecule has 2 fully saturated rings. The van der Waals surface area contributed by atoms with Crippen LogP contribution in [0.15, 0.2) is 96.6 Å². The van der Waals surface area contributed by atoms with Crippen LogP contribution in [0.25, 0.3) is 0 Å². The molecule has 0 spiro atoms. The first kappa shape index (κ1) is 28.2. The van der Waals surface area contributed by atoms with Gasteiger partial charge in [-0.3, -0.25) is 19.4 Å². The van der Waals surface area contributed by atoms with E-state index in [1.54, 1.807) is 0 Å². The predicted octanol–water partition coefficient (Wildman–Crippen LogP) is 8.21. The molecule has 0 N–H and O–H groups in total. The highest BCUT2D eigenvalue weighted by molar-refractivity contribution is 6.13. The van der Waals surface area contributed by atoms with Crippen molar-refractivity contribution < 1.29 is 49.8 Å². The Bertz CT molecular complexity index is 2420. The van der Waals surface area contributed by atoms with Gasteiger partial charge in [0.25, 0.3) is 0 Å². The fourth-order valence-electron chi connectivity index (χ4n) is 7.82. The van der Waals surface area contributed by atoms with Crippen LogP contribution in [0.3, 0.4) is 0 Å². The summed E-state index contributed by atoms with van der Waals surface area (Å²) in [5.74, 6) is -0.691. The second kappa shape index (κ2) is 20.3. The Hall–Kier alpha value is -5.25. The van der Waals surface area contributed by atoms with Crippen molar-refractivity contribution in [2.45, 2.75) is 58.0 Å². The monoisotopic (exact) mass is 784 g/mol. The van der Waals surface area contributed by atoms with Crippen LogP contribution in [-0.2, 0) is 30.7 Å².